The standard InChI is InChI=1S/C7H8.C6H10.C2H6/c1-7-5-3-2-4-6-7;1-4-5-6(2)3;1-2/h2-5H,1,6H2;4-5H,1H2,2-3H3;1-2H3. The van der Waals surface area contributed by atoms with Gasteiger partial charge in [-0.05, 0) is 20.3 Å². The van der Waals surface area contributed by atoms with Crippen LogP contribution in [0.3, 0.4) is 0 Å². The van der Waals surface area contributed by atoms with E-state index >= 15 is 0 Å². The van der Waals surface area contributed by atoms with Gasteiger partial charge in [-0.3, -0.25) is 0 Å². The molecule has 0 atom stereocenters. The highest BCUT2D eigenvalue weighted by Crippen LogP contribution is 2.05. The Labute approximate surface area is 95.4 Å². The van der Waals surface area contributed by atoms with Crippen LogP contribution in [0.2, 0.25) is 0 Å². The second-order valence-corrected chi connectivity index (χ2v) is 3.13. The van der Waals surface area contributed by atoms with Crippen molar-refractivity contribution in [3.63, 3.8) is 0 Å². The highest BCUT2D eigenvalue weighted by atomic mass is 13.9. The third-order valence-electron chi connectivity index (χ3n) is 1.41. The van der Waals surface area contributed by atoms with E-state index in [1.54, 1.807) is 6.08 Å². The maximum atomic E-state index is 3.78. The van der Waals surface area contributed by atoms with Crippen molar-refractivity contribution in [1.29, 1.82) is 0 Å². The molecule has 0 radical (unpaired) electrons. The maximum absolute atomic E-state index is 3.78. The molecule has 0 amide bonds. The van der Waals surface area contributed by atoms with Crippen LogP contribution in [0.5, 0.6) is 0 Å². The second kappa shape index (κ2) is 12.7. The quantitative estimate of drug-likeness (QED) is 0.513. The van der Waals surface area contributed by atoms with Crippen LogP contribution in [0, 0.1) is 0 Å². The Bertz CT molecular complexity index is 245. The van der Waals surface area contributed by atoms with Crippen LogP contribution < -0.4 is 0 Å². The van der Waals surface area contributed by atoms with E-state index in [9.17, 15) is 0 Å². The van der Waals surface area contributed by atoms with Crippen molar-refractivity contribution in [2.75, 3.05) is 0 Å². The highest BCUT2D eigenvalue weighted by Gasteiger charge is 1.84. The van der Waals surface area contributed by atoms with Crippen molar-refractivity contribution in [2.24, 2.45) is 0 Å². The highest BCUT2D eigenvalue weighted by molar-refractivity contribution is 5.26. The Hall–Kier alpha value is -1.30. The van der Waals surface area contributed by atoms with Crippen molar-refractivity contribution in [3.8, 4) is 0 Å². The first-order chi connectivity index (χ1) is 7.16. The average molecular weight is 204 g/mol. The molecule has 0 saturated heterocycles. The van der Waals surface area contributed by atoms with Gasteiger partial charge in [-0.25, -0.2) is 0 Å². The Balaban J connectivity index is 0. The third-order valence-corrected chi connectivity index (χ3v) is 1.41. The molecule has 0 N–H and O–H groups in total. The summed E-state index contributed by atoms with van der Waals surface area (Å²) < 4.78 is 0. The first-order valence-electron chi connectivity index (χ1n) is 5.43. The van der Waals surface area contributed by atoms with Gasteiger partial charge in [0.05, 0.1) is 0 Å². The smallest absolute Gasteiger partial charge is 0.0100 e. The van der Waals surface area contributed by atoms with Crippen LogP contribution in [0.15, 0.2) is 60.8 Å². The lowest BCUT2D eigenvalue weighted by molar-refractivity contribution is 1.28. The Kier molecular flexibility index (Phi) is 13.7. The third kappa shape index (κ3) is 15.5. The molecule has 0 aromatic rings. The van der Waals surface area contributed by atoms with Crippen LogP contribution in [0.25, 0.3) is 0 Å². The molecule has 0 unspecified atom stereocenters. The van der Waals surface area contributed by atoms with Crippen molar-refractivity contribution < 1.29 is 0 Å². The second-order valence-electron chi connectivity index (χ2n) is 3.13. The van der Waals surface area contributed by atoms with Crippen molar-refractivity contribution in [1.82, 2.24) is 0 Å². The number of hydrogen-bond donors (Lipinski definition) is 0. The molecular formula is C15H24. The molecule has 1 rings (SSSR count). The summed E-state index contributed by atoms with van der Waals surface area (Å²) in [5.74, 6) is 0. The topological polar surface area (TPSA) is 0 Å². The maximum Gasteiger partial charge on any atom is -0.0100 e. The van der Waals surface area contributed by atoms with E-state index in [4.69, 9.17) is 0 Å². The van der Waals surface area contributed by atoms with Crippen molar-refractivity contribution in [2.45, 2.75) is 34.1 Å². The number of rotatable bonds is 1. The summed E-state index contributed by atoms with van der Waals surface area (Å²) in [4.78, 5) is 0. The fourth-order valence-electron chi connectivity index (χ4n) is 0.793. The molecule has 0 nitrogen and oxygen atoms in total. The summed E-state index contributed by atoms with van der Waals surface area (Å²) in [6, 6.07) is 0. The summed E-state index contributed by atoms with van der Waals surface area (Å²) in [6.07, 6.45) is 13.0. The molecule has 0 heterocycles. The van der Waals surface area contributed by atoms with E-state index < -0.39 is 0 Å². The van der Waals surface area contributed by atoms with E-state index in [2.05, 4.69) is 19.2 Å². The molecule has 0 fully saturated rings. The molecule has 0 spiro atoms. The first kappa shape index (κ1) is 16.1. The minimum Gasteiger partial charge on any atom is -0.0991 e. The Morgan fingerprint density at radius 3 is 2.00 bits per heavy atom. The minimum absolute atomic E-state index is 1.02. The van der Waals surface area contributed by atoms with E-state index in [0.29, 0.717) is 0 Å². The zero-order valence-corrected chi connectivity index (χ0v) is 10.6. The van der Waals surface area contributed by atoms with Gasteiger partial charge in [0.25, 0.3) is 0 Å². The van der Waals surface area contributed by atoms with E-state index in [-0.39, 0.29) is 0 Å². The van der Waals surface area contributed by atoms with Gasteiger partial charge in [-0.2, -0.15) is 0 Å². The summed E-state index contributed by atoms with van der Waals surface area (Å²) in [7, 11) is 0. The summed E-state index contributed by atoms with van der Waals surface area (Å²) in [5, 5.41) is 0. The Morgan fingerprint density at radius 1 is 1.27 bits per heavy atom. The molecule has 0 bridgehead atoms. The lowest BCUT2D eigenvalue weighted by Gasteiger charge is -1.94. The van der Waals surface area contributed by atoms with Gasteiger partial charge in [0.15, 0.2) is 0 Å². The fraction of sp³-hybridized carbons (Fsp3) is 0.333. The molecule has 15 heavy (non-hydrogen) atoms. The van der Waals surface area contributed by atoms with Crippen LogP contribution in [0.4, 0.5) is 0 Å². The fourth-order valence-corrected chi connectivity index (χ4v) is 0.793. The zero-order valence-electron chi connectivity index (χ0n) is 10.6. The summed E-state index contributed by atoms with van der Waals surface area (Å²) >= 11 is 0. The van der Waals surface area contributed by atoms with Crippen molar-refractivity contribution >= 4 is 0 Å². The molecule has 0 saturated carbocycles. The van der Waals surface area contributed by atoms with Crippen LogP contribution in [-0.4, -0.2) is 0 Å². The number of hydrogen-bond acceptors (Lipinski definition) is 0. The lowest BCUT2D eigenvalue weighted by Crippen LogP contribution is -1.74. The molecule has 0 heteroatoms. The zero-order chi connectivity index (χ0) is 12.1. The monoisotopic (exact) mass is 204 g/mol. The van der Waals surface area contributed by atoms with Crippen LogP contribution in [-0.2, 0) is 0 Å². The predicted molar refractivity (Wildman–Crippen MR) is 73.0 cm³/mol. The molecule has 0 aromatic carbocycles. The van der Waals surface area contributed by atoms with Gasteiger partial charge in [-0.15, -0.1) is 0 Å². The molecule has 1 aliphatic carbocycles. The number of allylic oxidation sites excluding steroid dienone is 8. The van der Waals surface area contributed by atoms with Crippen LogP contribution in [0.1, 0.15) is 34.1 Å². The van der Waals surface area contributed by atoms with E-state index in [0.717, 1.165) is 6.42 Å². The minimum atomic E-state index is 1.02. The normalized spacial score (nSPS) is 11.6. The predicted octanol–water partition coefficient (Wildman–Crippen LogP) is 5.22. The summed E-state index contributed by atoms with van der Waals surface area (Å²) in [6.45, 7) is 15.4. The van der Waals surface area contributed by atoms with Gasteiger partial charge in [-0.1, -0.05) is 74.6 Å². The SMILES string of the molecule is C=C1C=CC=CC1.C=CC=C(C)C.CC. The average Bonchev–Trinajstić information content (AvgIpc) is 2.22. The van der Waals surface area contributed by atoms with E-state index in [1.165, 1.54) is 11.1 Å². The molecule has 84 valence electrons. The largest absolute Gasteiger partial charge is 0.0991 e. The summed E-state index contributed by atoms with van der Waals surface area (Å²) in [5.41, 5.74) is 2.49. The van der Waals surface area contributed by atoms with Crippen LogP contribution >= 0.6 is 0 Å². The van der Waals surface area contributed by atoms with Gasteiger partial charge in [0.1, 0.15) is 0 Å². The van der Waals surface area contributed by atoms with Gasteiger partial charge in [0, 0.05) is 0 Å². The molecule has 1 aliphatic rings. The van der Waals surface area contributed by atoms with Gasteiger partial charge in [0.2, 0.25) is 0 Å². The molecular weight excluding hydrogens is 180 g/mol. The lowest BCUT2D eigenvalue weighted by atomic mass is 10.1. The first-order valence-corrected chi connectivity index (χ1v) is 5.43. The Morgan fingerprint density at radius 2 is 1.87 bits per heavy atom. The van der Waals surface area contributed by atoms with Crippen molar-refractivity contribution in [3.05, 3.63) is 60.8 Å². The van der Waals surface area contributed by atoms with Gasteiger partial charge < -0.3 is 0 Å². The molecule has 0 aromatic heterocycles. The van der Waals surface area contributed by atoms with E-state index in [1.807, 2.05) is 52.0 Å². The van der Waals surface area contributed by atoms with Gasteiger partial charge >= 0.3 is 0 Å². The molecule has 0 aliphatic heterocycles.